The normalized spacial score (nSPS) is 12.2. The standard InChI is InChI=1S/C31H37Cl2N3O4S/c1-6-29(31(38)34-18-21(2)3)35(19-26-27(32)8-7-9-28(26)33)30(37)20-36(24-14-10-22(4)11-15-24)41(39,40)25-16-12-23(5)13-17-25/h7-17,21,29H,6,18-20H2,1-5H3,(H,34,38)/t29-/m0/s1. The number of halogens is 2. The molecular formula is C31H37Cl2N3O4S. The highest BCUT2D eigenvalue weighted by Crippen LogP contribution is 2.29. The van der Waals surface area contributed by atoms with E-state index in [0.29, 0.717) is 34.3 Å². The molecule has 220 valence electrons. The Morgan fingerprint density at radius 2 is 1.41 bits per heavy atom. The van der Waals surface area contributed by atoms with Crippen molar-refractivity contribution in [2.75, 3.05) is 17.4 Å². The molecule has 3 rings (SSSR count). The summed E-state index contributed by atoms with van der Waals surface area (Å²) in [6.07, 6.45) is 0.299. The molecule has 0 aliphatic carbocycles. The van der Waals surface area contributed by atoms with Gasteiger partial charge >= 0.3 is 0 Å². The Labute approximate surface area is 253 Å². The quantitative estimate of drug-likeness (QED) is 0.255. The molecule has 0 heterocycles. The Morgan fingerprint density at radius 1 is 0.878 bits per heavy atom. The maximum absolute atomic E-state index is 14.1. The molecule has 41 heavy (non-hydrogen) atoms. The summed E-state index contributed by atoms with van der Waals surface area (Å²) in [7, 11) is -4.14. The lowest BCUT2D eigenvalue weighted by Crippen LogP contribution is -2.52. The third-order valence-electron chi connectivity index (χ3n) is 6.67. The van der Waals surface area contributed by atoms with E-state index in [1.54, 1.807) is 61.5 Å². The molecule has 0 aliphatic heterocycles. The summed E-state index contributed by atoms with van der Waals surface area (Å²) in [6, 6.07) is 17.5. The first-order valence-corrected chi connectivity index (χ1v) is 15.7. The van der Waals surface area contributed by atoms with Gasteiger partial charge in [0.25, 0.3) is 10.0 Å². The summed E-state index contributed by atoms with van der Waals surface area (Å²) in [4.78, 5) is 28.9. The fourth-order valence-electron chi connectivity index (χ4n) is 4.27. The van der Waals surface area contributed by atoms with E-state index in [2.05, 4.69) is 5.32 Å². The number of aryl methyl sites for hydroxylation is 2. The number of anilines is 1. The van der Waals surface area contributed by atoms with Crippen molar-refractivity contribution in [1.29, 1.82) is 0 Å². The highest BCUT2D eigenvalue weighted by molar-refractivity contribution is 7.92. The smallest absolute Gasteiger partial charge is 0.264 e. The molecule has 0 saturated heterocycles. The van der Waals surface area contributed by atoms with Gasteiger partial charge in [0.2, 0.25) is 11.8 Å². The molecule has 1 atom stereocenters. The minimum absolute atomic E-state index is 0.0545. The van der Waals surface area contributed by atoms with E-state index in [9.17, 15) is 18.0 Å². The molecule has 2 amide bonds. The zero-order valence-corrected chi connectivity index (χ0v) is 26.4. The van der Waals surface area contributed by atoms with E-state index in [0.717, 1.165) is 15.4 Å². The van der Waals surface area contributed by atoms with Crippen LogP contribution in [-0.4, -0.2) is 44.3 Å². The lowest BCUT2D eigenvalue weighted by atomic mass is 10.1. The summed E-state index contributed by atoms with van der Waals surface area (Å²) in [5, 5.41) is 3.59. The lowest BCUT2D eigenvalue weighted by Gasteiger charge is -2.33. The molecule has 3 aromatic rings. The average molecular weight is 619 g/mol. The fourth-order valence-corrected chi connectivity index (χ4v) is 6.20. The van der Waals surface area contributed by atoms with Crippen LogP contribution in [0.25, 0.3) is 0 Å². The summed E-state index contributed by atoms with van der Waals surface area (Å²) in [5.74, 6) is -0.694. The minimum atomic E-state index is -4.14. The third kappa shape index (κ3) is 8.24. The van der Waals surface area contributed by atoms with Crippen LogP contribution < -0.4 is 9.62 Å². The molecule has 3 aromatic carbocycles. The second-order valence-electron chi connectivity index (χ2n) is 10.4. The number of carbonyl (C=O) groups is 2. The third-order valence-corrected chi connectivity index (χ3v) is 9.17. The van der Waals surface area contributed by atoms with Crippen molar-refractivity contribution in [2.45, 2.75) is 58.5 Å². The van der Waals surface area contributed by atoms with Gasteiger partial charge in [-0.15, -0.1) is 0 Å². The maximum atomic E-state index is 14.1. The first-order chi connectivity index (χ1) is 19.3. The van der Waals surface area contributed by atoms with Crippen molar-refractivity contribution < 1.29 is 18.0 Å². The SMILES string of the molecule is CC[C@@H](C(=O)NCC(C)C)N(Cc1c(Cl)cccc1Cl)C(=O)CN(c1ccc(C)cc1)S(=O)(=O)c1ccc(C)cc1. The van der Waals surface area contributed by atoms with Gasteiger partial charge < -0.3 is 10.2 Å². The molecule has 0 fully saturated rings. The average Bonchev–Trinajstić information content (AvgIpc) is 2.92. The van der Waals surface area contributed by atoms with Gasteiger partial charge in [-0.05, 0) is 62.6 Å². The van der Waals surface area contributed by atoms with Crippen LogP contribution in [0.3, 0.4) is 0 Å². The van der Waals surface area contributed by atoms with E-state index in [-0.39, 0.29) is 23.3 Å². The number of benzene rings is 3. The molecule has 1 N–H and O–H groups in total. The summed E-state index contributed by atoms with van der Waals surface area (Å²) < 4.78 is 29.0. The molecule has 7 nitrogen and oxygen atoms in total. The zero-order valence-electron chi connectivity index (χ0n) is 24.0. The van der Waals surface area contributed by atoms with Crippen molar-refractivity contribution in [3.8, 4) is 0 Å². The Morgan fingerprint density at radius 3 is 1.93 bits per heavy atom. The van der Waals surface area contributed by atoms with E-state index in [1.807, 2.05) is 27.7 Å². The topological polar surface area (TPSA) is 86.8 Å². The van der Waals surface area contributed by atoms with Gasteiger partial charge in [0.1, 0.15) is 12.6 Å². The van der Waals surface area contributed by atoms with Crippen molar-refractivity contribution in [1.82, 2.24) is 10.2 Å². The highest BCUT2D eigenvalue weighted by atomic mass is 35.5. The van der Waals surface area contributed by atoms with Gasteiger partial charge in [0, 0.05) is 28.7 Å². The Bertz CT molecular complexity index is 1440. The number of hydrogen-bond acceptors (Lipinski definition) is 4. The van der Waals surface area contributed by atoms with Crippen molar-refractivity contribution in [3.63, 3.8) is 0 Å². The zero-order chi connectivity index (χ0) is 30.3. The predicted molar refractivity (Wildman–Crippen MR) is 166 cm³/mol. The fraction of sp³-hybridized carbons (Fsp3) is 0.355. The minimum Gasteiger partial charge on any atom is -0.354 e. The first-order valence-electron chi connectivity index (χ1n) is 13.5. The van der Waals surface area contributed by atoms with Crippen LogP contribution in [0.4, 0.5) is 5.69 Å². The summed E-state index contributed by atoms with van der Waals surface area (Å²) in [5.41, 5.74) is 2.65. The van der Waals surface area contributed by atoms with Crippen LogP contribution in [0.5, 0.6) is 0 Å². The number of amides is 2. The van der Waals surface area contributed by atoms with Gasteiger partial charge in [0.05, 0.1) is 10.6 Å². The van der Waals surface area contributed by atoms with Crippen LogP contribution >= 0.6 is 23.2 Å². The largest absolute Gasteiger partial charge is 0.354 e. The van der Waals surface area contributed by atoms with Crippen LogP contribution in [0.2, 0.25) is 10.0 Å². The van der Waals surface area contributed by atoms with E-state index >= 15 is 0 Å². The molecule has 0 bridgehead atoms. The highest BCUT2D eigenvalue weighted by Gasteiger charge is 2.34. The molecule has 0 spiro atoms. The van der Waals surface area contributed by atoms with Crippen LogP contribution in [0.15, 0.2) is 71.6 Å². The van der Waals surface area contributed by atoms with Crippen LogP contribution in [0, 0.1) is 19.8 Å². The van der Waals surface area contributed by atoms with E-state index in [4.69, 9.17) is 23.2 Å². The van der Waals surface area contributed by atoms with Crippen LogP contribution in [0.1, 0.15) is 43.9 Å². The number of nitrogens with zero attached hydrogens (tertiary/aromatic N) is 2. The molecule has 0 aromatic heterocycles. The molecule has 0 saturated carbocycles. The molecule has 0 radical (unpaired) electrons. The van der Waals surface area contributed by atoms with Gasteiger partial charge in [0.15, 0.2) is 0 Å². The molecule has 0 aliphatic rings. The second kappa shape index (κ2) is 14.2. The van der Waals surface area contributed by atoms with Crippen molar-refractivity contribution >= 4 is 50.7 Å². The van der Waals surface area contributed by atoms with Crippen molar-refractivity contribution in [3.05, 3.63) is 93.5 Å². The lowest BCUT2D eigenvalue weighted by molar-refractivity contribution is -0.140. The van der Waals surface area contributed by atoms with Crippen molar-refractivity contribution in [2.24, 2.45) is 5.92 Å². The summed E-state index contributed by atoms with van der Waals surface area (Å²) in [6.45, 7) is 9.34. The number of hydrogen-bond donors (Lipinski definition) is 1. The number of rotatable bonds is 12. The Kier molecular flexibility index (Phi) is 11.2. The van der Waals surface area contributed by atoms with Gasteiger partial charge in [-0.1, -0.05) is 85.4 Å². The molecule has 0 unspecified atom stereocenters. The molecule has 10 heteroatoms. The van der Waals surface area contributed by atoms with E-state index in [1.165, 1.54) is 17.0 Å². The van der Waals surface area contributed by atoms with Crippen LogP contribution in [-0.2, 0) is 26.2 Å². The van der Waals surface area contributed by atoms with Gasteiger partial charge in [-0.25, -0.2) is 8.42 Å². The number of carbonyl (C=O) groups excluding carboxylic acids is 2. The molecular weight excluding hydrogens is 581 g/mol. The number of sulfonamides is 1. The van der Waals surface area contributed by atoms with Gasteiger partial charge in [-0.3, -0.25) is 13.9 Å². The van der Waals surface area contributed by atoms with Gasteiger partial charge in [-0.2, -0.15) is 0 Å². The second-order valence-corrected chi connectivity index (χ2v) is 13.1. The first kappa shape index (κ1) is 32.4. The predicted octanol–water partition coefficient (Wildman–Crippen LogP) is 6.39. The Hall–Kier alpha value is -3.07. The van der Waals surface area contributed by atoms with E-state index < -0.39 is 28.5 Å². The Balaban J connectivity index is 2.08. The summed E-state index contributed by atoms with van der Waals surface area (Å²) >= 11 is 12.9. The number of nitrogens with one attached hydrogen (secondary N) is 1. The monoisotopic (exact) mass is 617 g/mol. The maximum Gasteiger partial charge on any atom is 0.264 e.